The smallest absolute Gasteiger partial charge is 0.253 e. The Morgan fingerprint density at radius 2 is 1.84 bits per heavy atom. The molecule has 2 amide bonds. The Morgan fingerprint density at radius 1 is 1.03 bits per heavy atom. The topological polar surface area (TPSA) is 80.1 Å². The van der Waals surface area contributed by atoms with E-state index in [0.29, 0.717) is 12.5 Å². The summed E-state index contributed by atoms with van der Waals surface area (Å²) in [5, 5.41) is 2.92. The van der Waals surface area contributed by atoms with Gasteiger partial charge in [0.15, 0.2) is 0 Å². The Bertz CT molecular complexity index is 1280. The van der Waals surface area contributed by atoms with Crippen molar-refractivity contribution in [2.75, 3.05) is 10.2 Å². The van der Waals surface area contributed by atoms with Gasteiger partial charge in [-0.15, -0.1) is 0 Å². The molecule has 7 heteroatoms. The Kier molecular flexibility index (Phi) is 5.15. The molecular formula is C25H23N5O2. The molecule has 5 rings (SSSR count). The minimum Gasteiger partial charge on any atom is -0.326 e. The first kappa shape index (κ1) is 19.9. The summed E-state index contributed by atoms with van der Waals surface area (Å²) in [5.41, 5.74) is 4.47. The molecule has 0 saturated carbocycles. The number of carbonyl (C=O) groups excluding carboxylic acids is 2. The van der Waals surface area contributed by atoms with Gasteiger partial charge in [0, 0.05) is 18.1 Å². The second-order valence-corrected chi connectivity index (χ2v) is 7.87. The number of aryl methyl sites for hydroxylation is 1. The van der Waals surface area contributed by atoms with E-state index in [1.54, 1.807) is 17.3 Å². The summed E-state index contributed by atoms with van der Waals surface area (Å²) in [6, 6.07) is 18.6. The fraction of sp³-hybridized carbons (Fsp3) is 0.200. The number of benzene rings is 2. The molecule has 1 N–H and O–H groups in total. The number of fused-ring (bicyclic) bond motifs is 3. The zero-order valence-electron chi connectivity index (χ0n) is 17.7. The molecule has 1 aliphatic rings. The molecule has 0 radical (unpaired) electrons. The monoisotopic (exact) mass is 425 g/mol. The molecule has 1 atom stereocenters. The number of nitrogens with zero attached hydrogens (tertiary/aromatic N) is 4. The van der Waals surface area contributed by atoms with Crippen LogP contribution in [0.1, 0.15) is 30.5 Å². The van der Waals surface area contributed by atoms with E-state index in [2.05, 4.69) is 17.2 Å². The van der Waals surface area contributed by atoms with Crippen molar-refractivity contribution in [3.05, 3.63) is 84.2 Å². The molecule has 3 heterocycles. The van der Waals surface area contributed by atoms with E-state index in [1.807, 2.05) is 65.2 Å². The summed E-state index contributed by atoms with van der Waals surface area (Å²) in [5.74, 6) is 0.211. The van der Waals surface area contributed by atoms with Crippen LogP contribution in [0.2, 0.25) is 0 Å². The third-order valence-corrected chi connectivity index (χ3v) is 5.77. The number of carbonyl (C=O) groups is 2. The van der Waals surface area contributed by atoms with Crippen LogP contribution in [0.4, 0.5) is 11.6 Å². The van der Waals surface area contributed by atoms with Crippen LogP contribution in [0.15, 0.2) is 73.1 Å². The summed E-state index contributed by atoms with van der Waals surface area (Å²) < 4.78 is 1.88. The largest absolute Gasteiger partial charge is 0.326 e. The van der Waals surface area contributed by atoms with Crippen LogP contribution in [-0.4, -0.2) is 26.3 Å². The van der Waals surface area contributed by atoms with Gasteiger partial charge < -0.3 is 5.32 Å². The standard InChI is InChI=1S/C25H23N5O2/c1-2-17-9-11-19(12-10-17)27-23(31)14-22-24(32)29(16-18-6-5-13-26-15-18)25-28-20-7-3-4-8-21(20)30(22)25/h3-13,15,22H,2,14,16H2,1H3,(H,27,31)/t22-/m1/s1. The molecule has 2 aromatic heterocycles. The first-order valence-corrected chi connectivity index (χ1v) is 10.7. The lowest BCUT2D eigenvalue weighted by Gasteiger charge is -2.16. The molecule has 0 saturated heterocycles. The number of nitrogens with one attached hydrogen (secondary N) is 1. The summed E-state index contributed by atoms with van der Waals surface area (Å²) in [6.45, 7) is 2.44. The van der Waals surface area contributed by atoms with Gasteiger partial charge in [-0.1, -0.05) is 37.3 Å². The highest BCUT2D eigenvalue weighted by atomic mass is 16.2. The summed E-state index contributed by atoms with van der Waals surface area (Å²) in [7, 11) is 0. The van der Waals surface area contributed by atoms with Gasteiger partial charge in [-0.25, -0.2) is 4.98 Å². The molecule has 7 nitrogen and oxygen atoms in total. The Labute approximate surface area is 185 Å². The van der Waals surface area contributed by atoms with Gasteiger partial charge in [0.05, 0.1) is 24.0 Å². The van der Waals surface area contributed by atoms with Gasteiger partial charge in [-0.2, -0.15) is 0 Å². The van der Waals surface area contributed by atoms with Gasteiger partial charge in [-0.3, -0.25) is 24.0 Å². The molecule has 0 spiro atoms. The number of aromatic nitrogens is 3. The van der Waals surface area contributed by atoms with Crippen LogP contribution >= 0.6 is 0 Å². The van der Waals surface area contributed by atoms with E-state index in [-0.39, 0.29) is 18.2 Å². The second kappa shape index (κ2) is 8.26. The van der Waals surface area contributed by atoms with Crippen molar-refractivity contribution >= 4 is 34.5 Å². The van der Waals surface area contributed by atoms with E-state index in [1.165, 1.54) is 5.56 Å². The van der Waals surface area contributed by atoms with Crippen molar-refractivity contribution < 1.29 is 9.59 Å². The first-order chi connectivity index (χ1) is 15.6. The maximum Gasteiger partial charge on any atom is 0.253 e. The fourth-order valence-electron chi connectivity index (χ4n) is 4.13. The third kappa shape index (κ3) is 3.62. The molecule has 160 valence electrons. The lowest BCUT2D eigenvalue weighted by atomic mass is 10.1. The maximum atomic E-state index is 13.4. The highest BCUT2D eigenvalue weighted by Crippen LogP contribution is 2.37. The van der Waals surface area contributed by atoms with Crippen LogP contribution in [-0.2, 0) is 22.6 Å². The predicted molar refractivity (Wildman–Crippen MR) is 123 cm³/mol. The normalized spacial score (nSPS) is 15.2. The number of para-hydroxylation sites is 2. The zero-order chi connectivity index (χ0) is 22.1. The average molecular weight is 425 g/mol. The highest BCUT2D eigenvalue weighted by molar-refractivity contribution is 6.05. The summed E-state index contributed by atoms with van der Waals surface area (Å²) >= 11 is 0. The van der Waals surface area contributed by atoms with Crippen LogP contribution in [0, 0.1) is 0 Å². The van der Waals surface area contributed by atoms with E-state index in [4.69, 9.17) is 4.98 Å². The van der Waals surface area contributed by atoms with Crippen molar-refractivity contribution in [1.29, 1.82) is 0 Å². The number of rotatable bonds is 6. The first-order valence-electron chi connectivity index (χ1n) is 10.7. The number of hydrogen-bond acceptors (Lipinski definition) is 4. The van der Waals surface area contributed by atoms with Gasteiger partial charge in [0.2, 0.25) is 11.9 Å². The van der Waals surface area contributed by atoms with Crippen LogP contribution in [0.5, 0.6) is 0 Å². The average Bonchev–Trinajstić information content (AvgIpc) is 3.31. The van der Waals surface area contributed by atoms with Crippen LogP contribution in [0.25, 0.3) is 11.0 Å². The minimum atomic E-state index is -0.649. The van der Waals surface area contributed by atoms with Crippen molar-refractivity contribution in [1.82, 2.24) is 14.5 Å². The number of imidazole rings is 1. The molecule has 0 aliphatic carbocycles. The van der Waals surface area contributed by atoms with Crippen LogP contribution < -0.4 is 10.2 Å². The molecule has 0 unspecified atom stereocenters. The zero-order valence-corrected chi connectivity index (χ0v) is 17.7. The van der Waals surface area contributed by atoms with E-state index in [0.717, 1.165) is 28.7 Å². The lowest BCUT2D eigenvalue weighted by Crippen LogP contribution is -2.31. The van der Waals surface area contributed by atoms with Crippen LogP contribution in [0.3, 0.4) is 0 Å². The third-order valence-electron chi connectivity index (χ3n) is 5.77. The molecule has 1 aliphatic heterocycles. The molecule has 32 heavy (non-hydrogen) atoms. The van der Waals surface area contributed by atoms with Gasteiger partial charge in [0.25, 0.3) is 5.91 Å². The minimum absolute atomic E-state index is 0.0330. The van der Waals surface area contributed by atoms with Crippen molar-refractivity contribution in [2.45, 2.75) is 32.4 Å². The molecule has 0 fully saturated rings. The van der Waals surface area contributed by atoms with Crippen molar-refractivity contribution in [3.8, 4) is 0 Å². The van der Waals surface area contributed by atoms with E-state index >= 15 is 0 Å². The second-order valence-electron chi connectivity index (χ2n) is 7.87. The molecular weight excluding hydrogens is 402 g/mol. The Balaban J connectivity index is 1.44. The molecule has 2 aromatic carbocycles. The number of amides is 2. The summed E-state index contributed by atoms with van der Waals surface area (Å²) in [4.78, 5) is 36.8. The summed E-state index contributed by atoms with van der Waals surface area (Å²) in [6.07, 6.45) is 4.41. The highest BCUT2D eigenvalue weighted by Gasteiger charge is 2.40. The maximum absolute atomic E-state index is 13.4. The number of pyridine rings is 1. The van der Waals surface area contributed by atoms with E-state index < -0.39 is 6.04 Å². The van der Waals surface area contributed by atoms with E-state index in [9.17, 15) is 9.59 Å². The fourth-order valence-corrected chi connectivity index (χ4v) is 4.13. The van der Waals surface area contributed by atoms with Crippen molar-refractivity contribution in [2.24, 2.45) is 0 Å². The lowest BCUT2D eigenvalue weighted by molar-refractivity contribution is -0.124. The number of anilines is 2. The van der Waals surface area contributed by atoms with Gasteiger partial charge in [0.1, 0.15) is 6.04 Å². The quantitative estimate of drug-likeness (QED) is 0.504. The predicted octanol–water partition coefficient (Wildman–Crippen LogP) is 4.11. The van der Waals surface area contributed by atoms with Gasteiger partial charge >= 0.3 is 0 Å². The SMILES string of the molecule is CCc1ccc(NC(=O)C[C@@H]2C(=O)N(Cc3cccnc3)c3nc4ccccc4n32)cc1. The Morgan fingerprint density at radius 3 is 2.59 bits per heavy atom. The van der Waals surface area contributed by atoms with Gasteiger partial charge in [-0.05, 0) is 47.9 Å². The number of hydrogen-bond donors (Lipinski definition) is 1. The molecule has 4 aromatic rings. The molecule has 0 bridgehead atoms. The Hall–Kier alpha value is -4.00. The van der Waals surface area contributed by atoms with Crippen molar-refractivity contribution in [3.63, 3.8) is 0 Å².